The van der Waals surface area contributed by atoms with E-state index in [0.717, 1.165) is 18.9 Å². The molecule has 228 valence electrons. The van der Waals surface area contributed by atoms with Crippen LogP contribution in [0.1, 0.15) is 156 Å². The minimum atomic E-state index is -1.68. The molecule has 0 saturated carbocycles. The maximum atomic E-state index is 9.91. The second-order valence-corrected chi connectivity index (χ2v) is 12.7. The van der Waals surface area contributed by atoms with Crippen LogP contribution >= 0.6 is 8.60 Å². The normalized spacial score (nSPS) is 16.0. The molecule has 1 aliphatic rings. The Bertz CT molecular complexity index is 466. The topological polar surface area (TPSA) is 45.2 Å². The van der Waals surface area contributed by atoms with E-state index in [2.05, 4.69) is 30.6 Å². The molecule has 1 saturated heterocycles. The van der Waals surface area contributed by atoms with Crippen LogP contribution in [0.25, 0.3) is 0 Å². The van der Waals surface area contributed by atoms with E-state index in [1.165, 1.54) is 155 Å². The van der Waals surface area contributed by atoms with Gasteiger partial charge in [-0.15, -0.1) is 0 Å². The first-order valence-electron chi connectivity index (χ1n) is 16.9. The van der Waals surface area contributed by atoms with Crippen molar-refractivity contribution in [3.63, 3.8) is 0 Å². The highest BCUT2D eigenvalue weighted by atomic mass is 31.2. The first-order chi connectivity index (χ1) is 18.7. The fourth-order valence-corrected chi connectivity index (χ4v) is 6.29. The Morgan fingerprint density at radius 2 is 0.974 bits per heavy atom. The Hall–Kier alpha value is 0.230. The van der Waals surface area contributed by atoms with Crippen LogP contribution in [-0.2, 0) is 9.05 Å². The largest absolute Gasteiger partial charge is 0.329 e. The Labute approximate surface area is 239 Å². The van der Waals surface area contributed by atoms with Gasteiger partial charge in [0.2, 0.25) is 0 Å². The van der Waals surface area contributed by atoms with Crippen LogP contribution in [0.2, 0.25) is 0 Å². The van der Waals surface area contributed by atoms with E-state index in [-0.39, 0.29) is 0 Å². The Balaban J connectivity index is 2.02. The molecule has 1 heterocycles. The predicted molar refractivity (Wildman–Crippen MR) is 167 cm³/mol. The summed E-state index contributed by atoms with van der Waals surface area (Å²) in [7, 11) is -1.68. The molecular formula is C32H67N2O3P. The smallest absolute Gasteiger partial charge is 0.328 e. The van der Waals surface area contributed by atoms with Gasteiger partial charge in [0, 0.05) is 32.2 Å². The van der Waals surface area contributed by atoms with Crippen LogP contribution in [0.3, 0.4) is 0 Å². The molecule has 1 fully saturated rings. The van der Waals surface area contributed by atoms with Crippen molar-refractivity contribution in [2.24, 2.45) is 0 Å². The van der Waals surface area contributed by atoms with Crippen molar-refractivity contribution in [3.05, 3.63) is 0 Å². The van der Waals surface area contributed by atoms with Crippen LogP contribution in [-0.4, -0.2) is 66.7 Å². The summed E-state index contributed by atoms with van der Waals surface area (Å²) in [4.78, 5) is 15.4. The van der Waals surface area contributed by atoms with E-state index in [1.807, 2.05) is 0 Å². The van der Waals surface area contributed by atoms with E-state index < -0.39 is 8.60 Å². The first kappa shape index (κ1) is 36.3. The van der Waals surface area contributed by atoms with Gasteiger partial charge in [-0.1, -0.05) is 124 Å². The van der Waals surface area contributed by atoms with E-state index in [1.54, 1.807) is 0 Å². The summed E-state index contributed by atoms with van der Waals surface area (Å²) in [5, 5.41) is 0. The van der Waals surface area contributed by atoms with Gasteiger partial charge < -0.3 is 18.8 Å². The standard InChI is InChI=1S/C32H67N2O3P/c1-4-7-10-13-14-16-21-30-36-38(35)37-31-22-17-15-20-25-33-26-28-34(29-27-33)32(23-18-11-8-5-2)24-19-12-9-6-3/h32,35H,4-31H2,1-3H3. The summed E-state index contributed by atoms with van der Waals surface area (Å²) in [5.41, 5.74) is 0. The molecule has 38 heavy (non-hydrogen) atoms. The maximum Gasteiger partial charge on any atom is 0.329 e. The average molecular weight is 559 g/mol. The van der Waals surface area contributed by atoms with E-state index >= 15 is 0 Å². The van der Waals surface area contributed by atoms with Crippen LogP contribution < -0.4 is 0 Å². The minimum Gasteiger partial charge on any atom is -0.328 e. The van der Waals surface area contributed by atoms with Crippen molar-refractivity contribution in [3.8, 4) is 0 Å². The summed E-state index contributed by atoms with van der Waals surface area (Å²) >= 11 is 0. The van der Waals surface area contributed by atoms with Crippen LogP contribution in [0, 0.1) is 0 Å². The van der Waals surface area contributed by atoms with Crippen molar-refractivity contribution >= 4 is 8.60 Å². The SMILES string of the molecule is CCCCCCCCCOP(O)OCCCCCCN1CCN(C(CCCCCC)CCCCCC)CC1. The molecule has 0 aromatic rings. The number of nitrogens with zero attached hydrogens (tertiary/aromatic N) is 2. The van der Waals surface area contributed by atoms with Crippen molar-refractivity contribution in [1.82, 2.24) is 9.80 Å². The zero-order chi connectivity index (χ0) is 27.5. The molecule has 0 bridgehead atoms. The molecular weight excluding hydrogens is 491 g/mol. The highest BCUT2D eigenvalue weighted by Gasteiger charge is 2.23. The number of unbranched alkanes of at least 4 members (excludes halogenated alkanes) is 15. The summed E-state index contributed by atoms with van der Waals surface area (Å²) in [6.07, 6.45) is 27.5. The lowest BCUT2D eigenvalue weighted by atomic mass is 9.99. The molecule has 1 N–H and O–H groups in total. The zero-order valence-corrected chi connectivity index (χ0v) is 26.9. The lowest BCUT2D eigenvalue weighted by Gasteiger charge is -2.39. The number of hydrogen-bond donors (Lipinski definition) is 1. The van der Waals surface area contributed by atoms with Gasteiger partial charge in [0.25, 0.3) is 0 Å². The van der Waals surface area contributed by atoms with Crippen LogP contribution in [0.15, 0.2) is 0 Å². The molecule has 1 aliphatic heterocycles. The highest BCUT2D eigenvalue weighted by molar-refractivity contribution is 7.40. The van der Waals surface area contributed by atoms with Gasteiger partial charge in [-0.3, -0.25) is 4.90 Å². The third kappa shape index (κ3) is 21.0. The highest BCUT2D eigenvalue weighted by Crippen LogP contribution is 2.33. The van der Waals surface area contributed by atoms with Gasteiger partial charge in [-0.05, 0) is 38.6 Å². The summed E-state index contributed by atoms with van der Waals surface area (Å²) in [6, 6.07) is 0.822. The van der Waals surface area contributed by atoms with Crippen LogP contribution in [0.5, 0.6) is 0 Å². The number of piperazine rings is 1. The fraction of sp³-hybridized carbons (Fsp3) is 1.00. The van der Waals surface area contributed by atoms with E-state index in [0.29, 0.717) is 13.2 Å². The van der Waals surface area contributed by atoms with Crippen molar-refractivity contribution < 1.29 is 13.9 Å². The van der Waals surface area contributed by atoms with E-state index in [9.17, 15) is 4.89 Å². The predicted octanol–water partition coefficient (Wildman–Crippen LogP) is 9.48. The molecule has 0 aromatic heterocycles. The number of hydrogen-bond acceptors (Lipinski definition) is 5. The second kappa shape index (κ2) is 27.4. The fourth-order valence-electron chi connectivity index (χ4n) is 5.65. The Morgan fingerprint density at radius 1 is 0.553 bits per heavy atom. The monoisotopic (exact) mass is 558 g/mol. The molecule has 0 aliphatic carbocycles. The molecule has 1 rings (SSSR count). The van der Waals surface area contributed by atoms with Gasteiger partial charge in [0.05, 0.1) is 13.2 Å². The van der Waals surface area contributed by atoms with Crippen molar-refractivity contribution in [2.45, 2.75) is 162 Å². The minimum absolute atomic E-state index is 0.621. The first-order valence-corrected chi connectivity index (χ1v) is 18.0. The molecule has 0 amide bonds. The van der Waals surface area contributed by atoms with Gasteiger partial charge in [0.15, 0.2) is 0 Å². The summed E-state index contributed by atoms with van der Waals surface area (Å²) in [6.45, 7) is 14.4. The molecule has 1 atom stereocenters. The van der Waals surface area contributed by atoms with Gasteiger partial charge in [0.1, 0.15) is 0 Å². The number of rotatable bonds is 28. The van der Waals surface area contributed by atoms with Gasteiger partial charge in [-0.2, -0.15) is 0 Å². The van der Waals surface area contributed by atoms with Gasteiger partial charge >= 0.3 is 8.60 Å². The zero-order valence-electron chi connectivity index (χ0n) is 26.0. The third-order valence-corrected chi connectivity index (χ3v) is 9.03. The molecule has 1 unspecified atom stereocenters. The quantitative estimate of drug-likeness (QED) is 0.0765. The van der Waals surface area contributed by atoms with Gasteiger partial charge in [-0.25, -0.2) is 0 Å². The molecule has 0 aromatic carbocycles. The molecule has 0 radical (unpaired) electrons. The second-order valence-electron chi connectivity index (χ2n) is 11.7. The summed E-state index contributed by atoms with van der Waals surface area (Å²) in [5.74, 6) is 0. The molecule has 6 heteroatoms. The average Bonchev–Trinajstić information content (AvgIpc) is 2.93. The van der Waals surface area contributed by atoms with Crippen molar-refractivity contribution in [1.29, 1.82) is 0 Å². The third-order valence-electron chi connectivity index (χ3n) is 8.23. The van der Waals surface area contributed by atoms with Crippen molar-refractivity contribution in [2.75, 3.05) is 45.9 Å². The molecule has 0 spiro atoms. The van der Waals surface area contributed by atoms with Crippen LogP contribution in [0.4, 0.5) is 0 Å². The maximum absolute atomic E-state index is 9.91. The Kier molecular flexibility index (Phi) is 26.1. The lowest BCUT2D eigenvalue weighted by molar-refractivity contribution is 0.0845. The lowest BCUT2D eigenvalue weighted by Crippen LogP contribution is -2.50. The molecule has 5 nitrogen and oxygen atoms in total. The Morgan fingerprint density at radius 3 is 1.47 bits per heavy atom. The van der Waals surface area contributed by atoms with E-state index in [4.69, 9.17) is 9.05 Å². The summed E-state index contributed by atoms with van der Waals surface area (Å²) < 4.78 is 11.0.